The summed E-state index contributed by atoms with van der Waals surface area (Å²) in [5, 5.41) is 9.16. The molecule has 21 heavy (non-hydrogen) atoms. The molecular formula is C14H18N4O3. The van der Waals surface area contributed by atoms with E-state index in [1.54, 1.807) is 18.0 Å². The lowest BCUT2D eigenvalue weighted by atomic mass is 10.0. The van der Waals surface area contributed by atoms with Crippen molar-refractivity contribution in [2.24, 2.45) is 0 Å². The topological polar surface area (TPSA) is 95.2 Å². The van der Waals surface area contributed by atoms with Crippen molar-refractivity contribution in [2.75, 3.05) is 13.6 Å². The van der Waals surface area contributed by atoms with Crippen LogP contribution in [0.1, 0.15) is 47.7 Å². The molecule has 2 N–H and O–H groups in total. The first-order valence-corrected chi connectivity index (χ1v) is 7.19. The summed E-state index contributed by atoms with van der Waals surface area (Å²) in [5.74, 6) is 0.0549. The van der Waals surface area contributed by atoms with Gasteiger partial charge in [-0.3, -0.25) is 14.4 Å². The van der Waals surface area contributed by atoms with Gasteiger partial charge in [0, 0.05) is 32.0 Å². The number of hydrogen-bond donors (Lipinski definition) is 2. The molecule has 0 spiro atoms. The molecule has 1 saturated carbocycles. The first-order valence-electron chi connectivity index (χ1n) is 7.19. The van der Waals surface area contributed by atoms with Gasteiger partial charge in [0.1, 0.15) is 5.56 Å². The van der Waals surface area contributed by atoms with E-state index in [0.29, 0.717) is 25.3 Å². The molecular weight excluding hydrogens is 272 g/mol. The maximum absolute atomic E-state index is 12.5. The molecule has 1 aromatic rings. The molecule has 112 valence electrons. The van der Waals surface area contributed by atoms with Crippen molar-refractivity contribution >= 4 is 11.8 Å². The number of aromatic amines is 1. The summed E-state index contributed by atoms with van der Waals surface area (Å²) in [4.78, 5) is 37.1. The minimum atomic E-state index is -0.462. The van der Waals surface area contributed by atoms with Crippen molar-refractivity contribution in [3.05, 3.63) is 27.7 Å². The van der Waals surface area contributed by atoms with Crippen molar-refractivity contribution in [1.29, 1.82) is 0 Å². The highest BCUT2D eigenvalue weighted by atomic mass is 16.2. The van der Waals surface area contributed by atoms with E-state index in [-0.39, 0.29) is 23.4 Å². The molecule has 2 aliphatic rings. The predicted octanol–water partition coefficient (Wildman–Crippen LogP) is -0.00210. The molecule has 0 bridgehead atoms. The monoisotopic (exact) mass is 290 g/mol. The normalized spacial score (nSPS) is 21.8. The van der Waals surface area contributed by atoms with Gasteiger partial charge in [0.25, 0.3) is 11.5 Å². The first-order chi connectivity index (χ1) is 10.1. The number of H-pyrrole nitrogens is 1. The molecule has 1 aliphatic heterocycles. The molecule has 0 aromatic carbocycles. The number of likely N-dealkylation sites (N-methyl/N-ethyl adjacent to an activating group) is 1. The molecule has 2 fully saturated rings. The standard InChI is InChI=1S/C14H18N4O3/c1-18(9-4-5-12(19)15-7-9)14(21)10-6-11(8-2-3-8)16-17-13(10)20/h6,8-9H,2-5,7H2,1H3,(H,15,19)(H,17,20). The number of nitrogens with one attached hydrogen (secondary N) is 2. The highest BCUT2D eigenvalue weighted by Gasteiger charge is 2.30. The fourth-order valence-electron chi connectivity index (χ4n) is 2.57. The Morgan fingerprint density at radius 2 is 2.10 bits per heavy atom. The SMILES string of the molecule is CN(C(=O)c1cc(C2CC2)n[nH]c1=O)C1CCC(=O)NC1. The van der Waals surface area contributed by atoms with Crippen LogP contribution in [0.5, 0.6) is 0 Å². The Hall–Kier alpha value is -2.18. The molecule has 3 rings (SSSR count). The Labute approximate surface area is 121 Å². The van der Waals surface area contributed by atoms with E-state index in [0.717, 1.165) is 18.5 Å². The van der Waals surface area contributed by atoms with Crippen LogP contribution in [0, 0.1) is 0 Å². The lowest BCUT2D eigenvalue weighted by Gasteiger charge is -2.31. The van der Waals surface area contributed by atoms with E-state index in [9.17, 15) is 14.4 Å². The first kappa shape index (κ1) is 13.8. The fourth-order valence-corrected chi connectivity index (χ4v) is 2.57. The number of rotatable bonds is 3. The van der Waals surface area contributed by atoms with Crippen LogP contribution in [-0.4, -0.2) is 46.5 Å². The van der Waals surface area contributed by atoms with Crippen LogP contribution < -0.4 is 10.9 Å². The molecule has 7 nitrogen and oxygen atoms in total. The van der Waals surface area contributed by atoms with E-state index in [1.807, 2.05) is 0 Å². The summed E-state index contributed by atoms with van der Waals surface area (Å²) in [6.07, 6.45) is 3.13. The average Bonchev–Trinajstić information content (AvgIpc) is 3.32. The van der Waals surface area contributed by atoms with Gasteiger partial charge in [0.2, 0.25) is 5.91 Å². The van der Waals surface area contributed by atoms with Crippen LogP contribution >= 0.6 is 0 Å². The van der Waals surface area contributed by atoms with Gasteiger partial charge in [-0.25, -0.2) is 5.10 Å². The number of carbonyl (C=O) groups excluding carboxylic acids is 2. The van der Waals surface area contributed by atoms with Gasteiger partial charge in [0.05, 0.1) is 5.69 Å². The van der Waals surface area contributed by atoms with Crippen LogP contribution in [0.3, 0.4) is 0 Å². The molecule has 2 amide bonds. The number of piperidine rings is 1. The smallest absolute Gasteiger partial charge is 0.277 e. The van der Waals surface area contributed by atoms with Gasteiger partial charge in [-0.1, -0.05) is 0 Å². The van der Waals surface area contributed by atoms with Crippen molar-refractivity contribution < 1.29 is 9.59 Å². The number of aromatic nitrogens is 2. The minimum Gasteiger partial charge on any atom is -0.354 e. The van der Waals surface area contributed by atoms with Crippen molar-refractivity contribution in [1.82, 2.24) is 20.4 Å². The van der Waals surface area contributed by atoms with Crippen LogP contribution in [0.25, 0.3) is 0 Å². The van der Waals surface area contributed by atoms with E-state index in [4.69, 9.17) is 0 Å². The molecule has 1 aliphatic carbocycles. The summed E-state index contributed by atoms with van der Waals surface area (Å²) in [6, 6.07) is 1.53. The Balaban J connectivity index is 1.79. The second-order valence-electron chi connectivity index (χ2n) is 5.72. The molecule has 1 atom stereocenters. The van der Waals surface area contributed by atoms with Crippen LogP contribution in [0.15, 0.2) is 10.9 Å². The molecule has 1 saturated heterocycles. The van der Waals surface area contributed by atoms with Crippen molar-refractivity contribution in [3.8, 4) is 0 Å². The lowest BCUT2D eigenvalue weighted by Crippen LogP contribution is -2.49. The quantitative estimate of drug-likeness (QED) is 0.819. The van der Waals surface area contributed by atoms with Crippen LogP contribution in [0.4, 0.5) is 0 Å². The van der Waals surface area contributed by atoms with Gasteiger partial charge >= 0.3 is 0 Å². The molecule has 2 heterocycles. The average molecular weight is 290 g/mol. The lowest BCUT2D eigenvalue weighted by molar-refractivity contribution is -0.123. The summed E-state index contributed by atoms with van der Waals surface area (Å²) in [5.41, 5.74) is 0.450. The second kappa shape index (κ2) is 5.31. The second-order valence-corrected chi connectivity index (χ2v) is 5.72. The zero-order valence-corrected chi connectivity index (χ0v) is 11.9. The highest BCUT2D eigenvalue weighted by Crippen LogP contribution is 2.38. The third kappa shape index (κ3) is 2.81. The molecule has 1 unspecified atom stereocenters. The third-order valence-electron chi connectivity index (χ3n) is 4.16. The zero-order valence-electron chi connectivity index (χ0n) is 11.9. The van der Waals surface area contributed by atoms with Gasteiger partial charge in [-0.05, 0) is 25.3 Å². The Kier molecular flexibility index (Phi) is 3.48. The molecule has 7 heteroatoms. The minimum absolute atomic E-state index is 0.00452. The van der Waals surface area contributed by atoms with E-state index in [2.05, 4.69) is 15.5 Å². The molecule has 1 aromatic heterocycles. The van der Waals surface area contributed by atoms with Crippen molar-refractivity contribution in [3.63, 3.8) is 0 Å². The Morgan fingerprint density at radius 1 is 1.33 bits per heavy atom. The predicted molar refractivity (Wildman–Crippen MR) is 75.0 cm³/mol. The maximum atomic E-state index is 12.5. The fraction of sp³-hybridized carbons (Fsp3) is 0.571. The number of amides is 2. The van der Waals surface area contributed by atoms with E-state index in [1.165, 1.54) is 0 Å². The largest absolute Gasteiger partial charge is 0.354 e. The Morgan fingerprint density at radius 3 is 2.71 bits per heavy atom. The maximum Gasteiger partial charge on any atom is 0.277 e. The summed E-state index contributed by atoms with van der Waals surface area (Å²) < 4.78 is 0. The number of nitrogens with zero attached hydrogens (tertiary/aromatic N) is 2. The summed E-state index contributed by atoms with van der Waals surface area (Å²) >= 11 is 0. The van der Waals surface area contributed by atoms with E-state index < -0.39 is 5.56 Å². The van der Waals surface area contributed by atoms with Gasteiger partial charge in [0.15, 0.2) is 0 Å². The van der Waals surface area contributed by atoms with Gasteiger partial charge in [-0.15, -0.1) is 0 Å². The Bertz CT molecular complexity index is 625. The van der Waals surface area contributed by atoms with E-state index >= 15 is 0 Å². The number of carbonyl (C=O) groups is 2. The van der Waals surface area contributed by atoms with Crippen LogP contribution in [-0.2, 0) is 4.79 Å². The zero-order chi connectivity index (χ0) is 15.0. The van der Waals surface area contributed by atoms with Crippen LogP contribution in [0.2, 0.25) is 0 Å². The highest BCUT2D eigenvalue weighted by molar-refractivity contribution is 5.94. The van der Waals surface area contributed by atoms with Gasteiger partial charge < -0.3 is 10.2 Å². The summed E-state index contributed by atoms with van der Waals surface area (Å²) in [7, 11) is 1.67. The van der Waals surface area contributed by atoms with Gasteiger partial charge in [-0.2, -0.15) is 5.10 Å². The van der Waals surface area contributed by atoms with Crippen molar-refractivity contribution in [2.45, 2.75) is 37.6 Å². The third-order valence-corrected chi connectivity index (χ3v) is 4.16. The molecule has 0 radical (unpaired) electrons. The number of hydrogen-bond acceptors (Lipinski definition) is 4. The summed E-state index contributed by atoms with van der Waals surface area (Å²) in [6.45, 7) is 0.430.